The Labute approximate surface area is 119 Å². The second-order valence-electron chi connectivity index (χ2n) is 4.03. The van der Waals surface area contributed by atoms with Gasteiger partial charge in [-0.15, -0.1) is 0 Å². The molecule has 2 rings (SSSR count). The highest BCUT2D eigenvalue weighted by Crippen LogP contribution is 2.30. The standard InChI is InChI=1S/C11H13Br2NO2S/c12-7-10-6-9(13)8-14(10)17(15,16)11-4-2-1-3-5-11/h1-5,9-10H,6-8H2. The van der Waals surface area contributed by atoms with E-state index in [4.69, 9.17) is 0 Å². The molecular weight excluding hydrogens is 370 g/mol. The number of rotatable bonds is 3. The van der Waals surface area contributed by atoms with Gasteiger partial charge >= 0.3 is 0 Å². The second-order valence-corrected chi connectivity index (χ2v) is 7.86. The highest BCUT2D eigenvalue weighted by Gasteiger charge is 2.38. The van der Waals surface area contributed by atoms with Crippen LogP contribution in [0.3, 0.4) is 0 Å². The molecule has 17 heavy (non-hydrogen) atoms. The van der Waals surface area contributed by atoms with Crippen molar-refractivity contribution in [3.63, 3.8) is 0 Å². The number of sulfonamides is 1. The van der Waals surface area contributed by atoms with Gasteiger partial charge in [-0.05, 0) is 18.6 Å². The van der Waals surface area contributed by atoms with Crippen LogP contribution in [0, 0.1) is 0 Å². The largest absolute Gasteiger partial charge is 0.243 e. The van der Waals surface area contributed by atoms with Crippen molar-refractivity contribution in [2.75, 3.05) is 11.9 Å². The van der Waals surface area contributed by atoms with Crippen molar-refractivity contribution in [1.29, 1.82) is 0 Å². The summed E-state index contributed by atoms with van der Waals surface area (Å²) in [6, 6.07) is 8.63. The van der Waals surface area contributed by atoms with Crippen LogP contribution in [0.4, 0.5) is 0 Å². The molecule has 0 radical (unpaired) electrons. The Morgan fingerprint density at radius 3 is 2.53 bits per heavy atom. The van der Waals surface area contributed by atoms with Crippen molar-refractivity contribution in [3.05, 3.63) is 30.3 Å². The first-order valence-corrected chi connectivity index (χ1v) is 8.80. The molecule has 6 heteroatoms. The zero-order valence-corrected chi connectivity index (χ0v) is 13.1. The van der Waals surface area contributed by atoms with Crippen LogP contribution in [0.1, 0.15) is 6.42 Å². The van der Waals surface area contributed by atoms with Crippen molar-refractivity contribution in [1.82, 2.24) is 4.31 Å². The van der Waals surface area contributed by atoms with Crippen LogP contribution in [-0.4, -0.2) is 35.5 Å². The summed E-state index contributed by atoms with van der Waals surface area (Å²) in [6.07, 6.45) is 0.845. The van der Waals surface area contributed by atoms with E-state index in [2.05, 4.69) is 31.9 Å². The average molecular weight is 383 g/mol. The predicted octanol–water partition coefficient (Wildman–Crippen LogP) is 2.61. The Balaban J connectivity index is 2.33. The number of halogens is 2. The minimum absolute atomic E-state index is 0.0320. The second kappa shape index (κ2) is 5.38. The average Bonchev–Trinajstić information content (AvgIpc) is 2.72. The van der Waals surface area contributed by atoms with Crippen LogP contribution < -0.4 is 0 Å². The van der Waals surface area contributed by atoms with E-state index in [0.717, 1.165) is 6.42 Å². The summed E-state index contributed by atoms with van der Waals surface area (Å²) in [7, 11) is -3.36. The van der Waals surface area contributed by atoms with Crippen LogP contribution in [0.5, 0.6) is 0 Å². The molecule has 1 saturated heterocycles. The van der Waals surface area contributed by atoms with Gasteiger partial charge in [-0.25, -0.2) is 8.42 Å². The first-order valence-electron chi connectivity index (χ1n) is 5.32. The predicted molar refractivity (Wildman–Crippen MR) is 75.2 cm³/mol. The molecule has 0 aliphatic carbocycles. The molecule has 3 nitrogen and oxygen atoms in total. The molecule has 1 aliphatic rings. The molecule has 0 N–H and O–H groups in total. The minimum Gasteiger partial charge on any atom is -0.207 e. The summed E-state index contributed by atoms with van der Waals surface area (Å²) in [5.74, 6) is 0. The SMILES string of the molecule is O=S(=O)(c1ccccc1)N1CC(Br)CC1CBr. The molecule has 94 valence electrons. The van der Waals surface area contributed by atoms with Gasteiger partial charge in [0.2, 0.25) is 10.0 Å². The number of benzene rings is 1. The summed E-state index contributed by atoms with van der Waals surface area (Å²) in [6.45, 7) is 0.535. The molecule has 1 heterocycles. The van der Waals surface area contributed by atoms with E-state index in [1.54, 1.807) is 28.6 Å². The van der Waals surface area contributed by atoms with Gasteiger partial charge in [0.25, 0.3) is 0 Å². The third-order valence-corrected chi connectivity index (χ3v) is 6.18. The van der Waals surface area contributed by atoms with Gasteiger partial charge < -0.3 is 0 Å². The van der Waals surface area contributed by atoms with Crippen molar-refractivity contribution in [2.24, 2.45) is 0 Å². The van der Waals surface area contributed by atoms with Crippen molar-refractivity contribution in [3.8, 4) is 0 Å². The number of hydrogen-bond acceptors (Lipinski definition) is 2. The Kier molecular flexibility index (Phi) is 4.28. The number of nitrogens with zero attached hydrogens (tertiary/aromatic N) is 1. The molecule has 0 spiro atoms. The van der Waals surface area contributed by atoms with Gasteiger partial charge in [0, 0.05) is 22.7 Å². The molecule has 0 aromatic heterocycles. The van der Waals surface area contributed by atoms with Crippen molar-refractivity contribution < 1.29 is 8.42 Å². The van der Waals surface area contributed by atoms with E-state index >= 15 is 0 Å². The van der Waals surface area contributed by atoms with E-state index in [0.29, 0.717) is 16.8 Å². The maximum Gasteiger partial charge on any atom is 0.243 e. The van der Waals surface area contributed by atoms with Gasteiger partial charge in [-0.3, -0.25) is 0 Å². The molecule has 1 aromatic rings. The lowest BCUT2D eigenvalue weighted by Gasteiger charge is -2.22. The Morgan fingerprint density at radius 1 is 1.29 bits per heavy atom. The third-order valence-electron chi connectivity index (χ3n) is 2.84. The molecule has 1 aromatic carbocycles. The quantitative estimate of drug-likeness (QED) is 0.753. The zero-order valence-electron chi connectivity index (χ0n) is 9.09. The topological polar surface area (TPSA) is 37.4 Å². The summed E-state index contributed by atoms with van der Waals surface area (Å²) in [5, 5.41) is 0.668. The van der Waals surface area contributed by atoms with Crippen molar-refractivity contribution in [2.45, 2.75) is 22.2 Å². The lowest BCUT2D eigenvalue weighted by Crippen LogP contribution is -2.36. The Morgan fingerprint density at radius 2 is 1.94 bits per heavy atom. The summed E-state index contributed by atoms with van der Waals surface area (Å²) >= 11 is 6.88. The Hall–Kier alpha value is 0.0900. The summed E-state index contributed by atoms with van der Waals surface area (Å²) in [5.41, 5.74) is 0. The normalized spacial score (nSPS) is 26.2. The van der Waals surface area contributed by atoms with Crippen LogP contribution >= 0.6 is 31.9 Å². The van der Waals surface area contributed by atoms with Crippen molar-refractivity contribution >= 4 is 41.9 Å². The molecule has 0 amide bonds. The van der Waals surface area contributed by atoms with E-state index in [-0.39, 0.29) is 10.9 Å². The first-order chi connectivity index (χ1) is 8.05. The maximum atomic E-state index is 12.4. The van der Waals surface area contributed by atoms with Crippen LogP contribution in [0.25, 0.3) is 0 Å². The van der Waals surface area contributed by atoms with E-state index in [9.17, 15) is 8.42 Å². The van der Waals surface area contributed by atoms with Crippen LogP contribution in [0.2, 0.25) is 0 Å². The minimum atomic E-state index is -3.36. The van der Waals surface area contributed by atoms with Gasteiger partial charge in [0.05, 0.1) is 4.90 Å². The highest BCUT2D eigenvalue weighted by atomic mass is 79.9. The van der Waals surface area contributed by atoms with E-state index < -0.39 is 10.0 Å². The fraction of sp³-hybridized carbons (Fsp3) is 0.455. The van der Waals surface area contributed by atoms with Gasteiger partial charge in [-0.2, -0.15) is 4.31 Å². The molecule has 2 unspecified atom stereocenters. The van der Waals surface area contributed by atoms with E-state index in [1.807, 2.05) is 6.07 Å². The number of alkyl halides is 2. The molecule has 1 fully saturated rings. The first kappa shape index (κ1) is 13.5. The van der Waals surface area contributed by atoms with Crippen LogP contribution in [-0.2, 0) is 10.0 Å². The van der Waals surface area contributed by atoms with Gasteiger partial charge in [-0.1, -0.05) is 50.1 Å². The lowest BCUT2D eigenvalue weighted by molar-refractivity contribution is 0.414. The third kappa shape index (κ3) is 2.75. The molecule has 0 bridgehead atoms. The smallest absolute Gasteiger partial charge is 0.207 e. The van der Waals surface area contributed by atoms with Gasteiger partial charge in [0.1, 0.15) is 0 Å². The fourth-order valence-corrected chi connectivity index (χ4v) is 5.44. The molecule has 2 atom stereocenters. The monoisotopic (exact) mass is 381 g/mol. The summed E-state index contributed by atoms with van der Waals surface area (Å²) < 4.78 is 26.4. The maximum absolute atomic E-state index is 12.4. The van der Waals surface area contributed by atoms with E-state index in [1.165, 1.54) is 0 Å². The summed E-state index contributed by atoms with van der Waals surface area (Å²) in [4.78, 5) is 0.607. The fourth-order valence-electron chi connectivity index (χ4n) is 1.99. The van der Waals surface area contributed by atoms with Gasteiger partial charge in [0.15, 0.2) is 0 Å². The zero-order chi connectivity index (χ0) is 12.5. The molecular formula is C11H13Br2NO2S. The number of hydrogen-bond donors (Lipinski definition) is 0. The lowest BCUT2D eigenvalue weighted by atomic mass is 10.3. The Bertz CT molecular complexity index is 478. The molecule has 1 aliphatic heterocycles. The highest BCUT2D eigenvalue weighted by molar-refractivity contribution is 9.09. The molecule has 0 saturated carbocycles. The van der Waals surface area contributed by atoms with Crippen LogP contribution in [0.15, 0.2) is 35.2 Å².